The molecule has 1 aromatic carbocycles. The number of benzene rings is 1. The summed E-state index contributed by atoms with van der Waals surface area (Å²) in [6.07, 6.45) is 13.5. The van der Waals surface area contributed by atoms with Gasteiger partial charge in [-0.15, -0.1) is 26.5 Å². The van der Waals surface area contributed by atoms with Crippen LogP contribution in [0.15, 0.2) is 48.6 Å². The Bertz CT molecular complexity index is 330. The van der Waals surface area contributed by atoms with Crippen molar-refractivity contribution in [2.75, 3.05) is 19.5 Å². The summed E-state index contributed by atoms with van der Waals surface area (Å²) in [7, 11) is 0.220. The first-order valence-corrected chi connectivity index (χ1v) is 7.96. The van der Waals surface area contributed by atoms with E-state index < -0.39 is 0 Å². The molecule has 2 rings (SSSR count). The van der Waals surface area contributed by atoms with Crippen LogP contribution in [0.3, 0.4) is 0 Å². The number of hydrogen-bond donors (Lipinski definition) is 0. The third-order valence-electron chi connectivity index (χ3n) is 2.08. The molecule has 20 heavy (non-hydrogen) atoms. The predicted molar refractivity (Wildman–Crippen MR) is 75.0 cm³/mol. The van der Waals surface area contributed by atoms with Gasteiger partial charge in [-0.25, -0.2) is 12.2 Å². The van der Waals surface area contributed by atoms with Gasteiger partial charge >= 0.3 is 26.2 Å². The fourth-order valence-electron chi connectivity index (χ4n) is 1.22. The Balaban J connectivity index is -0.000000124. The largest absolute Gasteiger partial charge is 3.00 e. The molecule has 1 radical (unpaired) electrons. The van der Waals surface area contributed by atoms with Gasteiger partial charge in [0.15, 0.2) is 0 Å². The molecule has 0 heterocycles. The number of halogens is 3. The van der Waals surface area contributed by atoms with Crippen molar-refractivity contribution >= 4 is 7.92 Å². The molecule has 111 valence electrons. The van der Waals surface area contributed by atoms with Crippen LogP contribution in [0.25, 0.3) is 0 Å². The molecule has 0 amide bonds. The van der Waals surface area contributed by atoms with E-state index in [0.29, 0.717) is 0 Å². The minimum absolute atomic E-state index is 0. The molecule has 0 saturated carbocycles. The molecule has 0 atom stereocenters. The molecule has 5 heteroatoms. The van der Waals surface area contributed by atoms with E-state index in [-0.39, 0.29) is 71.3 Å². The van der Waals surface area contributed by atoms with Crippen molar-refractivity contribution in [1.82, 2.24) is 0 Å². The molecule has 0 aliphatic heterocycles. The van der Waals surface area contributed by atoms with E-state index >= 15 is 0 Å². The van der Waals surface area contributed by atoms with Crippen LogP contribution in [0.5, 0.6) is 0 Å². The van der Waals surface area contributed by atoms with Gasteiger partial charge in [0.05, 0.1) is 0 Å². The quantitative estimate of drug-likeness (QED) is 0.336. The SMILES string of the molecule is CP(C)C[CH-]c1ccccc1.[C-]1=CC=CC1.[Cl-].[Cl-].[Cl-].[Zr+3]. The Kier molecular flexibility index (Phi) is 28.5. The maximum absolute atomic E-state index is 2.99. The molecule has 0 saturated heterocycles. The molecule has 0 fully saturated rings. The smallest absolute Gasteiger partial charge is 1.00 e. The van der Waals surface area contributed by atoms with Gasteiger partial charge in [-0.2, -0.15) is 30.2 Å². The van der Waals surface area contributed by atoms with Gasteiger partial charge in [-0.1, -0.05) is 12.2 Å². The topological polar surface area (TPSA) is 0 Å². The molecule has 1 aliphatic carbocycles. The summed E-state index contributed by atoms with van der Waals surface area (Å²) in [5.74, 6) is 0. The monoisotopic (exact) mass is 425 g/mol. The van der Waals surface area contributed by atoms with Crippen molar-refractivity contribution < 1.29 is 63.4 Å². The van der Waals surface area contributed by atoms with Crippen LogP contribution in [0.1, 0.15) is 12.0 Å². The van der Waals surface area contributed by atoms with E-state index in [1.165, 1.54) is 11.7 Å². The van der Waals surface area contributed by atoms with Crippen molar-refractivity contribution in [2.45, 2.75) is 6.42 Å². The van der Waals surface area contributed by atoms with E-state index in [1.807, 2.05) is 12.2 Å². The summed E-state index contributed by atoms with van der Waals surface area (Å²) < 4.78 is 0. The molecule has 0 aromatic heterocycles. The van der Waals surface area contributed by atoms with Gasteiger partial charge in [-0.3, -0.25) is 6.08 Å². The van der Waals surface area contributed by atoms with Gasteiger partial charge in [-0.05, 0) is 13.3 Å². The van der Waals surface area contributed by atoms with E-state index in [9.17, 15) is 0 Å². The average Bonchev–Trinajstić information content (AvgIpc) is 2.86. The van der Waals surface area contributed by atoms with Gasteiger partial charge in [0.2, 0.25) is 0 Å². The molecular weight excluding hydrogens is 409 g/mol. The van der Waals surface area contributed by atoms with E-state index in [0.717, 1.165) is 6.42 Å². The molecule has 0 spiro atoms. The zero-order valence-electron chi connectivity index (χ0n) is 11.7. The maximum atomic E-state index is 2.99. The zero-order chi connectivity index (χ0) is 11.6. The zero-order valence-corrected chi connectivity index (χ0v) is 17.3. The van der Waals surface area contributed by atoms with Crippen LogP contribution < -0.4 is 37.2 Å². The van der Waals surface area contributed by atoms with Gasteiger partial charge in [0.1, 0.15) is 0 Å². The third kappa shape index (κ3) is 16.8. The number of rotatable bonds is 3. The summed E-state index contributed by atoms with van der Waals surface area (Å²) in [4.78, 5) is 0. The van der Waals surface area contributed by atoms with E-state index in [2.05, 4.69) is 62.2 Å². The van der Waals surface area contributed by atoms with Crippen LogP contribution >= 0.6 is 7.92 Å². The van der Waals surface area contributed by atoms with Crippen LogP contribution in [0.4, 0.5) is 0 Å². The number of hydrogen-bond acceptors (Lipinski definition) is 0. The second-order valence-electron chi connectivity index (χ2n) is 3.88. The van der Waals surface area contributed by atoms with Gasteiger partial charge < -0.3 is 37.2 Å². The van der Waals surface area contributed by atoms with Crippen LogP contribution in [-0.2, 0) is 26.2 Å². The molecule has 1 aromatic rings. The normalized spacial score (nSPS) is 9.95. The maximum Gasteiger partial charge on any atom is 3.00 e. The molecule has 1 aliphatic rings. The Labute approximate surface area is 163 Å². The second kappa shape index (κ2) is 19.8. The molecule has 0 nitrogen and oxygen atoms in total. The first-order valence-electron chi connectivity index (χ1n) is 5.54. The van der Waals surface area contributed by atoms with Crippen molar-refractivity contribution in [3.63, 3.8) is 0 Å². The summed E-state index contributed by atoms with van der Waals surface area (Å²) in [6, 6.07) is 10.5. The van der Waals surface area contributed by atoms with Crippen molar-refractivity contribution in [1.29, 1.82) is 0 Å². The van der Waals surface area contributed by atoms with Crippen molar-refractivity contribution in [3.05, 3.63) is 66.6 Å². The average molecular weight is 428 g/mol. The summed E-state index contributed by atoms with van der Waals surface area (Å²) in [5, 5.41) is 0. The molecule has 0 N–H and O–H groups in total. The van der Waals surface area contributed by atoms with E-state index in [4.69, 9.17) is 0 Å². The fourth-order valence-corrected chi connectivity index (χ4v) is 1.79. The van der Waals surface area contributed by atoms with Gasteiger partial charge in [0, 0.05) is 0 Å². The number of allylic oxidation sites excluding steroid dienone is 4. The van der Waals surface area contributed by atoms with Gasteiger partial charge in [0.25, 0.3) is 0 Å². The first-order chi connectivity index (χ1) is 7.79. The van der Waals surface area contributed by atoms with Crippen LogP contribution in [-0.4, -0.2) is 19.5 Å². The standard InChI is InChI=1S/C10H14P.C5H5.3ClH.Zr/c1-11(2)9-8-10-6-4-3-5-7-10;1-2-4-5-3-1;;;;/h3-8H,9H2,1-2H3;1-3H,4H2;3*1H;/q2*-1;;;;+3/p-3. The second-order valence-corrected chi connectivity index (χ2v) is 6.40. The Hall–Kier alpha value is 0.753. The Morgan fingerprint density at radius 2 is 1.70 bits per heavy atom. The van der Waals surface area contributed by atoms with Crippen molar-refractivity contribution in [3.8, 4) is 0 Å². The molecular formula is C15H19Cl3PZr-2. The molecule has 0 unspecified atom stereocenters. The third-order valence-corrected chi connectivity index (χ3v) is 2.99. The first kappa shape index (κ1) is 28.9. The van der Waals surface area contributed by atoms with Crippen LogP contribution in [0, 0.1) is 12.5 Å². The van der Waals surface area contributed by atoms with E-state index in [1.54, 1.807) is 0 Å². The van der Waals surface area contributed by atoms with Crippen molar-refractivity contribution in [2.24, 2.45) is 0 Å². The minimum atomic E-state index is 0. The summed E-state index contributed by atoms with van der Waals surface area (Å²) in [6.45, 7) is 4.60. The minimum Gasteiger partial charge on any atom is -1.00 e. The predicted octanol–water partition coefficient (Wildman–Crippen LogP) is -4.70. The Morgan fingerprint density at radius 1 is 1.10 bits per heavy atom. The van der Waals surface area contributed by atoms with Crippen LogP contribution in [0.2, 0.25) is 0 Å². The summed E-state index contributed by atoms with van der Waals surface area (Å²) in [5.41, 5.74) is 1.35. The fraction of sp³-hybridized carbons (Fsp3) is 0.267. The summed E-state index contributed by atoms with van der Waals surface area (Å²) >= 11 is 0. The Morgan fingerprint density at radius 3 is 2.05 bits per heavy atom. The molecule has 0 bridgehead atoms.